The molecule has 0 fully saturated rings. The second-order valence-electron chi connectivity index (χ2n) is 4.89. The van der Waals surface area contributed by atoms with Gasteiger partial charge in [0, 0.05) is 0 Å². The number of nitrogens with zero attached hydrogens (tertiary/aromatic N) is 8. The highest BCUT2D eigenvalue weighted by Gasteiger charge is 2.08. The lowest BCUT2D eigenvalue weighted by Crippen LogP contribution is -2.03. The minimum absolute atomic E-state index is 0.198. The summed E-state index contributed by atoms with van der Waals surface area (Å²) in [5.74, 6) is 1.18. The quantitative estimate of drug-likeness (QED) is 0.553. The van der Waals surface area contributed by atoms with Crippen molar-refractivity contribution in [1.29, 1.82) is 0 Å². The van der Waals surface area contributed by atoms with Gasteiger partial charge in [-0.05, 0) is 12.1 Å². The number of aromatic nitrogens is 9. The van der Waals surface area contributed by atoms with Crippen molar-refractivity contribution in [2.45, 2.75) is 13.2 Å². The monoisotopic (exact) mass is 323 g/mol. The van der Waals surface area contributed by atoms with E-state index in [1.165, 1.54) is 6.33 Å². The van der Waals surface area contributed by atoms with E-state index in [2.05, 4.69) is 35.3 Å². The number of ether oxygens (including phenoxy) is 1. The molecule has 0 amide bonds. The predicted octanol–water partition coefficient (Wildman–Crippen LogP) is 0.604. The van der Waals surface area contributed by atoms with Crippen LogP contribution in [0, 0.1) is 0 Å². The molecule has 1 N–H and O–H groups in total. The molecule has 3 aromatic heterocycles. The number of benzene rings is 1. The van der Waals surface area contributed by atoms with E-state index in [1.807, 2.05) is 30.3 Å². The highest BCUT2D eigenvalue weighted by molar-refractivity contribution is 5.29. The van der Waals surface area contributed by atoms with Gasteiger partial charge in [0.15, 0.2) is 18.3 Å². The molecule has 0 radical (unpaired) electrons. The van der Waals surface area contributed by atoms with E-state index < -0.39 is 0 Å². The minimum Gasteiger partial charge on any atom is -0.454 e. The van der Waals surface area contributed by atoms with Crippen LogP contribution in [-0.4, -0.2) is 44.7 Å². The average molecular weight is 323 g/mol. The first-order valence-electron chi connectivity index (χ1n) is 7.19. The third-order valence-electron chi connectivity index (χ3n) is 3.18. The molecule has 0 saturated heterocycles. The number of para-hydroxylation sites is 1. The molecule has 0 atom stereocenters. The number of rotatable bonds is 6. The molecular weight excluding hydrogens is 310 g/mol. The molecule has 4 aromatic rings. The molecule has 0 aliphatic rings. The summed E-state index contributed by atoms with van der Waals surface area (Å²) in [6.45, 7) is 0.639. The van der Waals surface area contributed by atoms with Gasteiger partial charge in [-0.15, -0.1) is 5.10 Å². The highest BCUT2D eigenvalue weighted by Crippen LogP contribution is 2.09. The summed E-state index contributed by atoms with van der Waals surface area (Å²) in [6.07, 6.45) is 4.67. The van der Waals surface area contributed by atoms with E-state index in [9.17, 15) is 0 Å². The smallest absolute Gasteiger partial charge is 0.336 e. The Bertz CT molecular complexity index is 897. The Balaban J connectivity index is 1.37. The van der Waals surface area contributed by atoms with Gasteiger partial charge in [0.1, 0.15) is 25.5 Å². The summed E-state index contributed by atoms with van der Waals surface area (Å²) < 4.78 is 8.81. The van der Waals surface area contributed by atoms with Crippen LogP contribution in [0.1, 0.15) is 11.6 Å². The normalized spacial score (nSPS) is 10.8. The van der Waals surface area contributed by atoms with E-state index in [4.69, 9.17) is 4.74 Å². The van der Waals surface area contributed by atoms with Crippen LogP contribution in [0.4, 0.5) is 0 Å². The molecular formula is C14H13N9O. The fourth-order valence-corrected chi connectivity index (χ4v) is 2.08. The van der Waals surface area contributed by atoms with E-state index in [-0.39, 0.29) is 12.6 Å². The van der Waals surface area contributed by atoms with Gasteiger partial charge >= 0.3 is 6.01 Å². The van der Waals surface area contributed by atoms with Gasteiger partial charge in [0.25, 0.3) is 0 Å². The molecule has 1 aromatic carbocycles. The lowest BCUT2D eigenvalue weighted by atomic mass is 10.3. The molecule has 0 spiro atoms. The van der Waals surface area contributed by atoms with Crippen LogP contribution >= 0.6 is 0 Å². The third-order valence-corrected chi connectivity index (χ3v) is 3.18. The first kappa shape index (κ1) is 14.1. The first-order chi connectivity index (χ1) is 11.9. The Hall–Kier alpha value is -3.56. The number of hydrogen-bond donors (Lipinski definition) is 1. The second kappa shape index (κ2) is 6.28. The number of nitrogens with one attached hydrogen (secondary N) is 1. The molecule has 24 heavy (non-hydrogen) atoms. The largest absolute Gasteiger partial charge is 0.454 e. The Kier molecular flexibility index (Phi) is 3.68. The molecule has 0 bridgehead atoms. The van der Waals surface area contributed by atoms with Gasteiger partial charge in [-0.3, -0.25) is 5.10 Å². The topological polar surface area (TPSA) is 112 Å². The zero-order valence-corrected chi connectivity index (χ0v) is 12.5. The predicted molar refractivity (Wildman–Crippen MR) is 81.2 cm³/mol. The Labute approximate surface area is 136 Å². The van der Waals surface area contributed by atoms with Gasteiger partial charge in [0.05, 0.1) is 5.69 Å². The van der Waals surface area contributed by atoms with Crippen molar-refractivity contribution in [3.8, 4) is 11.7 Å². The SMILES string of the molecule is c1ccc(-n2cnc(OCc3nc(Cn4cncn4)n[nH]3)n2)cc1. The van der Waals surface area contributed by atoms with Crippen LogP contribution in [-0.2, 0) is 13.2 Å². The van der Waals surface area contributed by atoms with Crippen LogP contribution in [0.25, 0.3) is 5.69 Å². The van der Waals surface area contributed by atoms with Crippen molar-refractivity contribution in [1.82, 2.24) is 44.7 Å². The zero-order valence-electron chi connectivity index (χ0n) is 12.5. The van der Waals surface area contributed by atoms with Crippen molar-refractivity contribution in [3.05, 3.63) is 61.0 Å². The maximum Gasteiger partial charge on any atom is 0.336 e. The van der Waals surface area contributed by atoms with Gasteiger partial charge in [-0.2, -0.15) is 15.2 Å². The second-order valence-corrected chi connectivity index (χ2v) is 4.89. The van der Waals surface area contributed by atoms with Crippen molar-refractivity contribution in [2.24, 2.45) is 0 Å². The molecule has 0 saturated carbocycles. The van der Waals surface area contributed by atoms with E-state index in [0.717, 1.165) is 5.69 Å². The summed E-state index contributed by atoms with van der Waals surface area (Å²) in [5, 5.41) is 15.2. The first-order valence-corrected chi connectivity index (χ1v) is 7.19. The molecule has 10 heteroatoms. The van der Waals surface area contributed by atoms with Gasteiger partial charge in [-0.1, -0.05) is 18.2 Å². The summed E-state index contributed by atoms with van der Waals surface area (Å²) >= 11 is 0. The standard InChI is InChI=1S/C14H13N9O/c1-2-4-11(5-3-1)23-10-16-14(21-23)24-7-13-18-12(19-20-13)6-22-9-15-8-17-22/h1-5,8-10H,6-7H2,(H,18,19,20). The number of aromatic amines is 1. The van der Waals surface area contributed by atoms with Gasteiger partial charge in [-0.25, -0.2) is 19.3 Å². The molecule has 4 rings (SSSR count). The maximum absolute atomic E-state index is 5.53. The average Bonchev–Trinajstić information content (AvgIpc) is 3.36. The number of hydrogen-bond acceptors (Lipinski definition) is 7. The molecule has 120 valence electrons. The van der Waals surface area contributed by atoms with Crippen molar-refractivity contribution in [3.63, 3.8) is 0 Å². The lowest BCUT2D eigenvalue weighted by molar-refractivity contribution is 0.272. The highest BCUT2D eigenvalue weighted by atomic mass is 16.5. The molecule has 0 unspecified atom stereocenters. The molecule has 3 heterocycles. The Morgan fingerprint density at radius 3 is 2.88 bits per heavy atom. The number of H-pyrrole nitrogens is 1. The fourth-order valence-electron chi connectivity index (χ4n) is 2.08. The molecule has 0 aliphatic heterocycles. The van der Waals surface area contributed by atoms with Crippen LogP contribution < -0.4 is 4.74 Å². The summed E-state index contributed by atoms with van der Waals surface area (Å²) in [7, 11) is 0. The van der Waals surface area contributed by atoms with Crippen molar-refractivity contribution in [2.75, 3.05) is 0 Å². The van der Waals surface area contributed by atoms with Crippen LogP contribution in [0.2, 0.25) is 0 Å². The van der Waals surface area contributed by atoms with Crippen LogP contribution in [0.5, 0.6) is 6.01 Å². The van der Waals surface area contributed by atoms with Crippen LogP contribution in [0.15, 0.2) is 49.3 Å². The van der Waals surface area contributed by atoms with E-state index in [0.29, 0.717) is 18.2 Å². The molecule has 10 nitrogen and oxygen atoms in total. The van der Waals surface area contributed by atoms with E-state index in [1.54, 1.807) is 22.0 Å². The van der Waals surface area contributed by atoms with Gasteiger partial charge < -0.3 is 4.74 Å². The summed E-state index contributed by atoms with van der Waals surface area (Å²) in [6, 6.07) is 9.95. The van der Waals surface area contributed by atoms with Gasteiger partial charge in [0.2, 0.25) is 0 Å². The van der Waals surface area contributed by atoms with Crippen LogP contribution in [0.3, 0.4) is 0 Å². The van der Waals surface area contributed by atoms with E-state index >= 15 is 0 Å². The van der Waals surface area contributed by atoms with Crippen molar-refractivity contribution < 1.29 is 4.74 Å². The molecule has 0 aliphatic carbocycles. The Morgan fingerprint density at radius 2 is 2.04 bits per heavy atom. The maximum atomic E-state index is 5.53. The summed E-state index contributed by atoms with van der Waals surface area (Å²) in [4.78, 5) is 12.3. The zero-order chi connectivity index (χ0) is 16.2. The fraction of sp³-hybridized carbons (Fsp3) is 0.143. The summed E-state index contributed by atoms with van der Waals surface area (Å²) in [5.41, 5.74) is 0.912. The Morgan fingerprint density at radius 1 is 1.12 bits per heavy atom. The lowest BCUT2D eigenvalue weighted by Gasteiger charge is -1.99. The van der Waals surface area contributed by atoms with Crippen molar-refractivity contribution >= 4 is 0 Å². The third kappa shape index (κ3) is 3.11. The minimum atomic E-state index is 0.198.